The average Bonchev–Trinajstić information content (AvgIpc) is 2.54. The first-order valence-corrected chi connectivity index (χ1v) is 9.93. The molecule has 128 valence electrons. The summed E-state index contributed by atoms with van der Waals surface area (Å²) in [5.74, 6) is -0.291. The molecule has 0 atom stereocenters. The summed E-state index contributed by atoms with van der Waals surface area (Å²) < 4.78 is 23.3. The second-order valence-corrected chi connectivity index (χ2v) is 8.67. The molecule has 2 rings (SSSR count). The molecule has 1 aliphatic rings. The maximum absolute atomic E-state index is 12.9. The van der Waals surface area contributed by atoms with Gasteiger partial charge in [0.05, 0.1) is 0 Å². The number of sulfone groups is 1. The molecule has 1 fully saturated rings. The van der Waals surface area contributed by atoms with E-state index in [1.54, 1.807) is 11.9 Å². The molecule has 1 aromatic rings. The van der Waals surface area contributed by atoms with Crippen molar-refractivity contribution in [3.63, 3.8) is 0 Å². The second-order valence-electron chi connectivity index (χ2n) is 6.35. The number of nitrogens with zero attached hydrogens (tertiary/aromatic N) is 1. The number of amides is 1. The molecule has 1 aromatic carbocycles. The number of carbonyl (C=O) groups excluding carboxylic acids is 1. The summed E-state index contributed by atoms with van der Waals surface area (Å²) in [6.45, 7) is 3.63. The Morgan fingerprint density at radius 3 is 2.17 bits per heavy atom. The summed E-state index contributed by atoms with van der Waals surface area (Å²) in [4.78, 5) is 14.5. The summed E-state index contributed by atoms with van der Waals surface area (Å²) in [5, 5.41) is 3.13. The summed E-state index contributed by atoms with van der Waals surface area (Å²) in [7, 11) is -1.78. The van der Waals surface area contributed by atoms with E-state index in [4.69, 9.17) is 0 Å². The van der Waals surface area contributed by atoms with E-state index in [0.29, 0.717) is 32.5 Å². The molecule has 6 heteroatoms. The van der Waals surface area contributed by atoms with Gasteiger partial charge in [0.1, 0.15) is 0 Å². The Bertz CT molecular complexity index is 647. The van der Waals surface area contributed by atoms with Crippen LogP contribution in [0.25, 0.3) is 0 Å². The maximum atomic E-state index is 12.9. The van der Waals surface area contributed by atoms with Gasteiger partial charge in [-0.25, -0.2) is 8.42 Å². The normalized spacial score (nSPS) is 17.7. The first-order chi connectivity index (χ1) is 10.8. The fourth-order valence-electron chi connectivity index (χ4n) is 3.15. The second kappa shape index (κ2) is 7.01. The Kier molecular flexibility index (Phi) is 5.47. The smallest absolute Gasteiger partial charge is 0.244 e. The van der Waals surface area contributed by atoms with Crippen LogP contribution in [0.1, 0.15) is 30.9 Å². The highest BCUT2D eigenvalue weighted by molar-refractivity contribution is 7.92. The maximum Gasteiger partial charge on any atom is 0.244 e. The van der Waals surface area contributed by atoms with E-state index < -0.39 is 14.6 Å². The van der Waals surface area contributed by atoms with E-state index in [0.717, 1.165) is 12.0 Å². The van der Waals surface area contributed by atoms with Crippen LogP contribution in [0.4, 0.5) is 0 Å². The molecule has 23 heavy (non-hydrogen) atoms. The molecule has 1 amide bonds. The number of aryl methyl sites for hydroxylation is 1. The van der Waals surface area contributed by atoms with Gasteiger partial charge in [-0.15, -0.1) is 0 Å². The minimum Gasteiger partial charge on any atom is -0.340 e. The molecule has 1 saturated heterocycles. The lowest BCUT2D eigenvalue weighted by Crippen LogP contribution is -2.57. The van der Waals surface area contributed by atoms with Gasteiger partial charge < -0.3 is 10.2 Å². The fourth-order valence-corrected chi connectivity index (χ4v) is 4.57. The number of hydrogen-bond donors (Lipinski definition) is 1. The van der Waals surface area contributed by atoms with Crippen LogP contribution < -0.4 is 5.32 Å². The third kappa shape index (κ3) is 3.75. The topological polar surface area (TPSA) is 66.5 Å². The minimum absolute atomic E-state index is 0.291. The van der Waals surface area contributed by atoms with Gasteiger partial charge >= 0.3 is 0 Å². The summed E-state index contributed by atoms with van der Waals surface area (Å²) in [6, 6.07) is 8.09. The monoisotopic (exact) mass is 338 g/mol. The molecule has 0 aliphatic carbocycles. The molecule has 0 aromatic heterocycles. The average molecular weight is 338 g/mol. The Hall–Kier alpha value is -1.40. The highest BCUT2D eigenvalue weighted by Gasteiger charge is 2.49. The molecule has 0 radical (unpaired) electrons. The number of rotatable bonds is 5. The third-order valence-corrected chi connectivity index (χ3v) is 6.71. The predicted molar refractivity (Wildman–Crippen MR) is 92.0 cm³/mol. The molecular formula is C17H26N2O3S. The Morgan fingerprint density at radius 1 is 1.17 bits per heavy atom. The van der Waals surface area contributed by atoms with Gasteiger partial charge in [-0.2, -0.15) is 0 Å². The van der Waals surface area contributed by atoms with Crippen LogP contribution in [-0.4, -0.2) is 50.4 Å². The highest BCUT2D eigenvalue weighted by atomic mass is 32.2. The number of piperidine rings is 1. The lowest BCUT2D eigenvalue weighted by molar-refractivity contribution is -0.134. The zero-order valence-corrected chi connectivity index (χ0v) is 14.9. The molecule has 0 unspecified atom stereocenters. The number of nitrogens with one attached hydrogen (secondary N) is 1. The van der Waals surface area contributed by atoms with Crippen LogP contribution in [0.5, 0.6) is 0 Å². The van der Waals surface area contributed by atoms with E-state index in [9.17, 15) is 13.2 Å². The SMILES string of the molecule is CCc1ccc(CN(C)C(=O)C2(S(C)(=O)=O)CCNCC2)cc1. The van der Waals surface area contributed by atoms with Gasteiger partial charge in [0, 0.05) is 19.8 Å². The number of benzene rings is 1. The minimum atomic E-state index is -3.47. The first kappa shape index (κ1) is 17.9. The van der Waals surface area contributed by atoms with Crippen LogP contribution in [-0.2, 0) is 27.6 Å². The van der Waals surface area contributed by atoms with Crippen molar-refractivity contribution in [3.8, 4) is 0 Å². The standard InChI is InChI=1S/C17H26N2O3S/c1-4-14-5-7-15(8-6-14)13-19(2)16(20)17(23(3,21)22)9-11-18-12-10-17/h5-8,18H,4,9-13H2,1-3H3. The van der Waals surface area contributed by atoms with Gasteiger partial charge in [0.2, 0.25) is 5.91 Å². The predicted octanol–water partition coefficient (Wildman–Crippen LogP) is 1.37. The van der Waals surface area contributed by atoms with E-state index in [1.165, 1.54) is 11.8 Å². The number of carbonyl (C=O) groups is 1. The highest BCUT2D eigenvalue weighted by Crippen LogP contribution is 2.30. The fraction of sp³-hybridized carbons (Fsp3) is 0.588. The van der Waals surface area contributed by atoms with E-state index >= 15 is 0 Å². The van der Waals surface area contributed by atoms with E-state index in [-0.39, 0.29) is 5.91 Å². The van der Waals surface area contributed by atoms with Gasteiger partial charge in [0.25, 0.3) is 0 Å². The third-order valence-electron chi connectivity index (χ3n) is 4.71. The lowest BCUT2D eigenvalue weighted by atomic mass is 9.95. The van der Waals surface area contributed by atoms with Crippen molar-refractivity contribution in [2.24, 2.45) is 0 Å². The van der Waals surface area contributed by atoms with Crippen molar-refractivity contribution in [1.82, 2.24) is 10.2 Å². The van der Waals surface area contributed by atoms with Gasteiger partial charge in [-0.1, -0.05) is 31.2 Å². The Labute approximate surface area is 139 Å². The molecule has 5 nitrogen and oxygen atoms in total. The molecule has 0 bridgehead atoms. The Morgan fingerprint density at radius 2 is 1.70 bits per heavy atom. The van der Waals surface area contributed by atoms with Crippen LogP contribution in [0, 0.1) is 0 Å². The zero-order chi connectivity index (χ0) is 17.1. The largest absolute Gasteiger partial charge is 0.340 e. The molecule has 1 N–H and O–H groups in total. The number of hydrogen-bond acceptors (Lipinski definition) is 4. The summed E-state index contributed by atoms with van der Waals surface area (Å²) in [6.07, 6.45) is 2.83. The van der Waals surface area contributed by atoms with E-state index in [1.807, 2.05) is 24.3 Å². The lowest BCUT2D eigenvalue weighted by Gasteiger charge is -2.37. The molecule has 1 heterocycles. The van der Waals surface area contributed by atoms with Crippen molar-refractivity contribution in [1.29, 1.82) is 0 Å². The van der Waals surface area contributed by atoms with Gasteiger partial charge in [-0.3, -0.25) is 4.79 Å². The molecule has 0 saturated carbocycles. The quantitative estimate of drug-likeness (QED) is 0.881. The van der Waals surface area contributed by atoms with Crippen molar-refractivity contribution in [2.45, 2.75) is 37.5 Å². The van der Waals surface area contributed by atoms with Crippen molar-refractivity contribution < 1.29 is 13.2 Å². The van der Waals surface area contributed by atoms with Crippen molar-refractivity contribution >= 4 is 15.7 Å². The Balaban J connectivity index is 2.18. The molecule has 0 spiro atoms. The van der Waals surface area contributed by atoms with Gasteiger partial charge in [0.15, 0.2) is 14.6 Å². The molecule has 1 aliphatic heterocycles. The van der Waals surface area contributed by atoms with Gasteiger partial charge in [-0.05, 0) is 43.5 Å². The van der Waals surface area contributed by atoms with Crippen LogP contribution in [0.2, 0.25) is 0 Å². The summed E-state index contributed by atoms with van der Waals surface area (Å²) in [5.41, 5.74) is 2.25. The van der Waals surface area contributed by atoms with Crippen LogP contribution >= 0.6 is 0 Å². The van der Waals surface area contributed by atoms with Crippen LogP contribution in [0.15, 0.2) is 24.3 Å². The van der Waals surface area contributed by atoms with Crippen molar-refractivity contribution in [3.05, 3.63) is 35.4 Å². The first-order valence-electron chi connectivity index (χ1n) is 8.04. The molecular weight excluding hydrogens is 312 g/mol. The van der Waals surface area contributed by atoms with Crippen molar-refractivity contribution in [2.75, 3.05) is 26.4 Å². The van der Waals surface area contributed by atoms with E-state index in [2.05, 4.69) is 12.2 Å². The zero-order valence-electron chi connectivity index (χ0n) is 14.1. The van der Waals surface area contributed by atoms with Crippen LogP contribution in [0.3, 0.4) is 0 Å². The summed E-state index contributed by atoms with van der Waals surface area (Å²) >= 11 is 0.